The zero-order valence-electron chi connectivity index (χ0n) is 11.6. The van der Waals surface area contributed by atoms with Crippen molar-refractivity contribution in [1.82, 2.24) is 9.97 Å². The van der Waals surface area contributed by atoms with E-state index >= 15 is 0 Å². The maximum atomic E-state index is 11.7. The van der Waals surface area contributed by atoms with Crippen LogP contribution in [0.15, 0.2) is 6.07 Å². The van der Waals surface area contributed by atoms with Crippen LogP contribution >= 0.6 is 11.3 Å². The molecule has 0 spiro atoms. The van der Waals surface area contributed by atoms with E-state index in [4.69, 9.17) is 5.84 Å². The van der Waals surface area contributed by atoms with Crippen molar-refractivity contribution in [2.24, 2.45) is 5.84 Å². The molecule has 1 aliphatic rings. The average molecular weight is 327 g/mol. The predicted octanol–water partition coefficient (Wildman–Crippen LogP) is 1.27. The predicted molar refractivity (Wildman–Crippen MR) is 85.3 cm³/mol. The van der Waals surface area contributed by atoms with Crippen molar-refractivity contribution in [1.29, 1.82) is 0 Å². The Labute approximate surface area is 126 Å². The Kier molecular flexibility index (Phi) is 3.72. The van der Waals surface area contributed by atoms with Crippen LogP contribution in [0.4, 0.5) is 11.8 Å². The Bertz CT molecular complexity index is 771. The second-order valence-electron chi connectivity index (χ2n) is 5.21. The second kappa shape index (κ2) is 5.39. The highest BCUT2D eigenvalue weighted by Gasteiger charge is 2.25. The van der Waals surface area contributed by atoms with Crippen molar-refractivity contribution < 1.29 is 8.42 Å². The Morgan fingerprint density at radius 3 is 2.95 bits per heavy atom. The van der Waals surface area contributed by atoms with E-state index in [2.05, 4.69) is 20.7 Å². The molecule has 0 bridgehead atoms. The number of thiophene rings is 1. The van der Waals surface area contributed by atoms with E-state index in [-0.39, 0.29) is 17.5 Å². The van der Waals surface area contributed by atoms with E-state index in [1.54, 1.807) is 11.3 Å². The van der Waals surface area contributed by atoms with Gasteiger partial charge in [-0.25, -0.2) is 19.2 Å². The summed E-state index contributed by atoms with van der Waals surface area (Å²) < 4.78 is 23.5. The third-order valence-electron chi connectivity index (χ3n) is 3.45. The molecule has 1 fully saturated rings. The summed E-state index contributed by atoms with van der Waals surface area (Å²) in [6, 6.07) is 1.88. The highest BCUT2D eigenvalue weighted by Crippen LogP contribution is 2.30. The molecule has 7 nitrogen and oxygen atoms in total. The standard InChI is InChI=1S/C12H17N5O2S2/c1-7-5-9-10(15-12(17-13)16-11(9)20-7)14-8-3-2-4-21(18,19)6-8/h5,8H,2-4,6,13H2,1H3,(H2,14,15,16,17). The minimum absolute atomic E-state index is 0.118. The molecule has 3 rings (SSSR count). The molecule has 0 amide bonds. The maximum Gasteiger partial charge on any atom is 0.240 e. The Morgan fingerprint density at radius 1 is 1.43 bits per heavy atom. The lowest BCUT2D eigenvalue weighted by Crippen LogP contribution is -2.35. The van der Waals surface area contributed by atoms with Crippen LogP contribution in [0.25, 0.3) is 10.2 Å². The first-order valence-corrected chi connectivity index (χ1v) is 9.32. The first-order chi connectivity index (χ1) is 9.97. The molecule has 9 heteroatoms. The number of hydrazine groups is 1. The van der Waals surface area contributed by atoms with Crippen molar-refractivity contribution in [3.63, 3.8) is 0 Å². The van der Waals surface area contributed by atoms with Gasteiger partial charge in [0.2, 0.25) is 5.95 Å². The third-order valence-corrected chi connectivity index (χ3v) is 6.21. The van der Waals surface area contributed by atoms with Gasteiger partial charge in [-0.15, -0.1) is 11.3 Å². The molecule has 4 N–H and O–H groups in total. The zero-order chi connectivity index (χ0) is 15.0. The lowest BCUT2D eigenvalue weighted by molar-refractivity contribution is 0.561. The number of nitrogens with zero attached hydrogens (tertiary/aromatic N) is 2. The topological polar surface area (TPSA) is 110 Å². The van der Waals surface area contributed by atoms with E-state index in [0.717, 1.165) is 21.5 Å². The fourth-order valence-corrected chi connectivity index (χ4v) is 5.06. The second-order valence-corrected chi connectivity index (χ2v) is 8.68. The molecule has 2 aromatic heterocycles. The van der Waals surface area contributed by atoms with Gasteiger partial charge in [0, 0.05) is 10.9 Å². The van der Waals surface area contributed by atoms with Crippen LogP contribution in [0.5, 0.6) is 0 Å². The molecule has 0 radical (unpaired) electrons. The van der Waals surface area contributed by atoms with E-state index in [1.165, 1.54) is 0 Å². The normalized spacial score (nSPS) is 21.3. The van der Waals surface area contributed by atoms with Crippen molar-refractivity contribution in [3.05, 3.63) is 10.9 Å². The monoisotopic (exact) mass is 327 g/mol. The number of hydrogen-bond donors (Lipinski definition) is 3. The fourth-order valence-electron chi connectivity index (χ4n) is 2.55. The van der Waals surface area contributed by atoms with Crippen LogP contribution in [-0.4, -0.2) is 35.9 Å². The van der Waals surface area contributed by atoms with E-state index in [0.29, 0.717) is 18.2 Å². The molecular weight excluding hydrogens is 310 g/mol. The van der Waals surface area contributed by atoms with Gasteiger partial charge in [0.05, 0.1) is 16.9 Å². The van der Waals surface area contributed by atoms with E-state index in [1.807, 2.05) is 13.0 Å². The molecule has 1 atom stereocenters. The zero-order valence-corrected chi connectivity index (χ0v) is 13.2. The molecule has 3 heterocycles. The fraction of sp³-hybridized carbons (Fsp3) is 0.500. The lowest BCUT2D eigenvalue weighted by Gasteiger charge is -2.23. The summed E-state index contributed by atoms with van der Waals surface area (Å²) in [4.78, 5) is 10.6. The number of nitrogens with two attached hydrogens (primary N) is 1. The number of nitrogen functional groups attached to an aromatic ring is 1. The molecule has 1 unspecified atom stereocenters. The van der Waals surface area contributed by atoms with Gasteiger partial charge >= 0.3 is 0 Å². The van der Waals surface area contributed by atoms with Gasteiger partial charge in [0.25, 0.3) is 0 Å². The van der Waals surface area contributed by atoms with Crippen molar-refractivity contribution in [2.75, 3.05) is 22.2 Å². The smallest absolute Gasteiger partial charge is 0.240 e. The van der Waals surface area contributed by atoms with Gasteiger partial charge in [-0.2, -0.15) is 4.98 Å². The summed E-state index contributed by atoms with van der Waals surface area (Å²) in [5, 5.41) is 4.15. The summed E-state index contributed by atoms with van der Waals surface area (Å²) in [6.45, 7) is 2.00. The van der Waals surface area contributed by atoms with E-state index in [9.17, 15) is 8.42 Å². The molecule has 0 saturated carbocycles. The number of aromatic nitrogens is 2. The van der Waals surface area contributed by atoms with Crippen LogP contribution in [-0.2, 0) is 9.84 Å². The van der Waals surface area contributed by atoms with Crippen molar-refractivity contribution >= 4 is 43.2 Å². The molecule has 21 heavy (non-hydrogen) atoms. The average Bonchev–Trinajstić information content (AvgIpc) is 2.78. The third kappa shape index (κ3) is 3.09. The maximum absolute atomic E-state index is 11.7. The van der Waals surface area contributed by atoms with E-state index < -0.39 is 9.84 Å². The number of anilines is 2. The van der Waals surface area contributed by atoms with Gasteiger partial charge < -0.3 is 5.32 Å². The largest absolute Gasteiger partial charge is 0.366 e. The summed E-state index contributed by atoms with van der Waals surface area (Å²) >= 11 is 1.55. The molecule has 0 aliphatic carbocycles. The summed E-state index contributed by atoms with van der Waals surface area (Å²) in [5.74, 6) is 6.78. The van der Waals surface area contributed by atoms with Gasteiger partial charge in [-0.05, 0) is 25.8 Å². The molecule has 1 saturated heterocycles. The summed E-state index contributed by atoms with van der Waals surface area (Å²) in [6.07, 6.45) is 1.50. The number of rotatable bonds is 3. The van der Waals surface area contributed by atoms with Crippen LogP contribution in [0.2, 0.25) is 0 Å². The first kappa shape index (κ1) is 14.5. The Balaban J connectivity index is 1.95. The number of aryl methyl sites for hydroxylation is 1. The number of fused-ring (bicyclic) bond motifs is 1. The van der Waals surface area contributed by atoms with Crippen LogP contribution < -0.4 is 16.6 Å². The van der Waals surface area contributed by atoms with Crippen LogP contribution in [0, 0.1) is 6.92 Å². The molecule has 0 aromatic carbocycles. The number of nitrogens with one attached hydrogen (secondary N) is 2. The summed E-state index contributed by atoms with van der Waals surface area (Å²) in [7, 11) is -2.96. The highest BCUT2D eigenvalue weighted by molar-refractivity contribution is 7.91. The van der Waals surface area contributed by atoms with Crippen molar-refractivity contribution in [3.8, 4) is 0 Å². The first-order valence-electron chi connectivity index (χ1n) is 6.68. The summed E-state index contributed by atoms with van der Waals surface area (Å²) in [5.41, 5.74) is 2.45. The minimum Gasteiger partial charge on any atom is -0.366 e. The van der Waals surface area contributed by atoms with Gasteiger partial charge in [-0.1, -0.05) is 0 Å². The molecule has 1 aliphatic heterocycles. The molecule has 114 valence electrons. The van der Waals surface area contributed by atoms with Crippen LogP contribution in [0.1, 0.15) is 17.7 Å². The van der Waals surface area contributed by atoms with Gasteiger partial charge in [-0.3, -0.25) is 5.43 Å². The lowest BCUT2D eigenvalue weighted by atomic mass is 10.2. The SMILES string of the molecule is Cc1cc2c(NC3CCCS(=O)(=O)C3)nc(NN)nc2s1. The van der Waals surface area contributed by atoms with Crippen LogP contribution in [0.3, 0.4) is 0 Å². The minimum atomic E-state index is -2.96. The molecule has 2 aromatic rings. The van der Waals surface area contributed by atoms with Gasteiger partial charge in [0.1, 0.15) is 10.6 Å². The molecular formula is C12H17N5O2S2. The van der Waals surface area contributed by atoms with Gasteiger partial charge in [0.15, 0.2) is 9.84 Å². The Morgan fingerprint density at radius 2 is 2.24 bits per heavy atom. The highest BCUT2D eigenvalue weighted by atomic mass is 32.2. The number of sulfone groups is 1. The quantitative estimate of drug-likeness (QED) is 0.575. The Hall–Kier alpha value is -1.45. The van der Waals surface area contributed by atoms with Crippen molar-refractivity contribution in [2.45, 2.75) is 25.8 Å². The number of hydrogen-bond acceptors (Lipinski definition) is 8.